The fourth-order valence-electron chi connectivity index (χ4n) is 2.40. The molecule has 0 aliphatic rings. The Hall–Kier alpha value is -3.14. The van der Waals surface area contributed by atoms with E-state index in [-0.39, 0.29) is 35.3 Å². The van der Waals surface area contributed by atoms with Crippen molar-refractivity contribution in [3.8, 4) is 5.75 Å². The third kappa shape index (κ3) is 4.77. The van der Waals surface area contributed by atoms with E-state index in [2.05, 4.69) is 15.5 Å². The number of aromatic nitrogens is 2. The molecule has 0 saturated heterocycles. The third-order valence-corrected chi connectivity index (χ3v) is 5.63. The van der Waals surface area contributed by atoms with E-state index in [1.54, 1.807) is 31.2 Å². The van der Waals surface area contributed by atoms with Crippen molar-refractivity contribution < 1.29 is 26.9 Å². The number of aryl methyl sites for hydroxylation is 2. The minimum atomic E-state index is -3.53. The summed E-state index contributed by atoms with van der Waals surface area (Å²) < 4.78 is 40.1. The molecule has 0 bridgehead atoms. The molecule has 0 saturated carbocycles. The van der Waals surface area contributed by atoms with Crippen LogP contribution < -0.4 is 10.1 Å². The first-order chi connectivity index (χ1) is 13.4. The summed E-state index contributed by atoms with van der Waals surface area (Å²) in [5.74, 6) is 1.02. The Morgan fingerprint density at radius 3 is 2.57 bits per heavy atom. The fourth-order valence-corrected chi connectivity index (χ4v) is 3.64. The lowest BCUT2D eigenvalue weighted by Crippen LogP contribution is -2.23. The van der Waals surface area contributed by atoms with Crippen LogP contribution in [0.3, 0.4) is 0 Å². The normalized spacial score (nSPS) is 11.4. The molecule has 0 atom stereocenters. The molecule has 9 nitrogen and oxygen atoms in total. The molecule has 0 aliphatic carbocycles. The summed E-state index contributed by atoms with van der Waals surface area (Å²) in [7, 11) is -2.03. The van der Waals surface area contributed by atoms with E-state index in [0.717, 1.165) is 5.76 Å². The predicted octanol–water partition coefficient (Wildman–Crippen LogP) is 1.93. The standard InChI is InChI=1S/C18H19N3O6S/c1-12-3-4-14(26-12)11-19-17(22)18-20-16(21-27-18)9-10-28(23,24)15-7-5-13(25-2)6-8-15/h3-8H,9-11H2,1-2H3,(H,19,22). The Labute approximate surface area is 161 Å². The molecule has 148 valence electrons. The first-order valence-corrected chi connectivity index (χ1v) is 10.1. The lowest BCUT2D eigenvalue weighted by atomic mass is 10.3. The van der Waals surface area contributed by atoms with E-state index in [4.69, 9.17) is 13.7 Å². The molecule has 1 aromatic carbocycles. The molecule has 0 fully saturated rings. The van der Waals surface area contributed by atoms with Crippen molar-refractivity contribution in [2.24, 2.45) is 0 Å². The Morgan fingerprint density at radius 1 is 1.18 bits per heavy atom. The second-order valence-electron chi connectivity index (χ2n) is 5.96. The highest BCUT2D eigenvalue weighted by Crippen LogP contribution is 2.17. The first-order valence-electron chi connectivity index (χ1n) is 8.40. The number of ether oxygens (including phenoxy) is 1. The number of carbonyl (C=O) groups excluding carboxylic acids is 1. The Balaban J connectivity index is 1.56. The number of hydrogen-bond donors (Lipinski definition) is 1. The largest absolute Gasteiger partial charge is 0.497 e. The Bertz CT molecular complexity index is 1050. The smallest absolute Gasteiger partial charge is 0.315 e. The van der Waals surface area contributed by atoms with Crippen LogP contribution in [0, 0.1) is 6.92 Å². The maximum absolute atomic E-state index is 12.4. The monoisotopic (exact) mass is 405 g/mol. The summed E-state index contributed by atoms with van der Waals surface area (Å²) in [6.45, 7) is 1.98. The summed E-state index contributed by atoms with van der Waals surface area (Å²) >= 11 is 0. The second kappa shape index (κ2) is 8.26. The van der Waals surface area contributed by atoms with E-state index in [0.29, 0.717) is 11.5 Å². The number of rotatable bonds is 8. The average Bonchev–Trinajstić information content (AvgIpc) is 3.33. The van der Waals surface area contributed by atoms with Crippen LogP contribution in [-0.2, 0) is 22.8 Å². The molecule has 1 amide bonds. The van der Waals surface area contributed by atoms with Gasteiger partial charge in [0.15, 0.2) is 15.7 Å². The summed E-state index contributed by atoms with van der Waals surface area (Å²) in [5.41, 5.74) is 0. The summed E-state index contributed by atoms with van der Waals surface area (Å²) in [4.78, 5) is 16.2. The van der Waals surface area contributed by atoms with Crippen LogP contribution >= 0.6 is 0 Å². The van der Waals surface area contributed by atoms with Gasteiger partial charge in [-0.05, 0) is 43.3 Å². The molecule has 1 N–H and O–H groups in total. The van der Waals surface area contributed by atoms with Crippen LogP contribution in [-0.4, -0.2) is 37.3 Å². The van der Waals surface area contributed by atoms with Gasteiger partial charge in [-0.2, -0.15) is 4.98 Å². The number of furan rings is 1. The number of methoxy groups -OCH3 is 1. The van der Waals surface area contributed by atoms with E-state index in [1.807, 2.05) is 0 Å². The highest BCUT2D eigenvalue weighted by atomic mass is 32.2. The van der Waals surface area contributed by atoms with E-state index in [9.17, 15) is 13.2 Å². The van der Waals surface area contributed by atoms with Crippen LogP contribution in [0.15, 0.2) is 50.2 Å². The van der Waals surface area contributed by atoms with Crippen molar-refractivity contribution in [2.45, 2.75) is 24.8 Å². The molecule has 0 aliphatic heterocycles. The van der Waals surface area contributed by atoms with Crippen LogP contribution in [0.1, 0.15) is 28.0 Å². The number of benzene rings is 1. The van der Waals surface area contributed by atoms with Gasteiger partial charge in [-0.15, -0.1) is 0 Å². The topological polar surface area (TPSA) is 125 Å². The maximum Gasteiger partial charge on any atom is 0.315 e. The minimum Gasteiger partial charge on any atom is -0.497 e. The summed E-state index contributed by atoms with van der Waals surface area (Å²) in [5, 5.41) is 6.26. The van der Waals surface area contributed by atoms with Crippen LogP contribution in [0.4, 0.5) is 0 Å². The van der Waals surface area contributed by atoms with E-state index >= 15 is 0 Å². The zero-order chi connectivity index (χ0) is 20.1. The Morgan fingerprint density at radius 2 is 1.93 bits per heavy atom. The molecule has 3 rings (SSSR count). The van der Waals surface area contributed by atoms with Crippen LogP contribution in [0.2, 0.25) is 0 Å². The molecule has 0 spiro atoms. The lowest BCUT2D eigenvalue weighted by molar-refractivity contribution is 0.0904. The van der Waals surface area contributed by atoms with Gasteiger partial charge in [-0.25, -0.2) is 8.42 Å². The van der Waals surface area contributed by atoms with Gasteiger partial charge >= 0.3 is 11.8 Å². The van der Waals surface area contributed by atoms with Crippen molar-refractivity contribution >= 4 is 15.7 Å². The molecular formula is C18H19N3O6S. The zero-order valence-corrected chi connectivity index (χ0v) is 16.2. The SMILES string of the molecule is COc1ccc(S(=O)(=O)CCc2noc(C(=O)NCc3ccc(C)o3)n2)cc1. The van der Waals surface area contributed by atoms with Gasteiger partial charge in [0.05, 0.1) is 24.3 Å². The highest BCUT2D eigenvalue weighted by Gasteiger charge is 2.19. The van der Waals surface area contributed by atoms with Gasteiger partial charge in [-0.1, -0.05) is 5.16 Å². The van der Waals surface area contributed by atoms with Crippen LogP contribution in [0.25, 0.3) is 0 Å². The maximum atomic E-state index is 12.4. The minimum absolute atomic E-state index is 0.0164. The highest BCUT2D eigenvalue weighted by molar-refractivity contribution is 7.91. The number of amides is 1. The average molecular weight is 405 g/mol. The van der Waals surface area contributed by atoms with Gasteiger partial charge in [0.1, 0.15) is 17.3 Å². The number of carbonyl (C=O) groups is 1. The molecular weight excluding hydrogens is 386 g/mol. The number of nitrogens with zero attached hydrogens (tertiary/aromatic N) is 2. The second-order valence-corrected chi connectivity index (χ2v) is 8.06. The predicted molar refractivity (Wildman–Crippen MR) is 97.7 cm³/mol. The summed E-state index contributed by atoms with van der Waals surface area (Å²) in [6, 6.07) is 9.63. The number of hydrogen-bond acceptors (Lipinski definition) is 8. The number of sulfone groups is 1. The molecule has 3 aromatic rings. The van der Waals surface area contributed by atoms with Gasteiger partial charge in [0, 0.05) is 6.42 Å². The van der Waals surface area contributed by atoms with Gasteiger partial charge in [0.2, 0.25) is 0 Å². The lowest BCUT2D eigenvalue weighted by Gasteiger charge is -2.04. The quantitative estimate of drug-likeness (QED) is 0.603. The van der Waals surface area contributed by atoms with E-state index in [1.165, 1.54) is 19.2 Å². The van der Waals surface area contributed by atoms with Gasteiger partial charge < -0.3 is 19.0 Å². The van der Waals surface area contributed by atoms with Crippen molar-refractivity contribution in [2.75, 3.05) is 12.9 Å². The number of nitrogens with one attached hydrogen (secondary N) is 1. The third-order valence-electron chi connectivity index (χ3n) is 3.89. The van der Waals surface area contributed by atoms with Crippen molar-refractivity contribution in [3.63, 3.8) is 0 Å². The van der Waals surface area contributed by atoms with Crippen molar-refractivity contribution in [3.05, 3.63) is 59.6 Å². The molecule has 28 heavy (non-hydrogen) atoms. The molecule has 10 heteroatoms. The fraction of sp³-hybridized carbons (Fsp3) is 0.278. The molecule has 0 unspecified atom stereocenters. The molecule has 0 radical (unpaired) electrons. The van der Waals surface area contributed by atoms with Crippen LogP contribution in [0.5, 0.6) is 5.75 Å². The van der Waals surface area contributed by atoms with Gasteiger partial charge in [0.25, 0.3) is 0 Å². The molecule has 2 heterocycles. The van der Waals surface area contributed by atoms with Crippen molar-refractivity contribution in [1.29, 1.82) is 0 Å². The van der Waals surface area contributed by atoms with Crippen molar-refractivity contribution in [1.82, 2.24) is 15.5 Å². The zero-order valence-electron chi connectivity index (χ0n) is 15.3. The van der Waals surface area contributed by atoms with Gasteiger partial charge in [-0.3, -0.25) is 4.79 Å². The van der Waals surface area contributed by atoms with E-state index < -0.39 is 15.7 Å². The summed E-state index contributed by atoms with van der Waals surface area (Å²) in [6.07, 6.45) is 0.0164. The Kier molecular flexibility index (Phi) is 5.78. The first kappa shape index (κ1) is 19.6. The molecule has 2 aromatic heterocycles.